The van der Waals surface area contributed by atoms with Gasteiger partial charge in [-0.05, 0) is 62.8 Å². The molecule has 2 saturated heterocycles. The number of esters is 1. The van der Waals surface area contributed by atoms with E-state index in [2.05, 4.69) is 21.9 Å². The molecule has 0 aromatic heterocycles. The molecule has 3 rings (SSSR count). The van der Waals surface area contributed by atoms with Gasteiger partial charge < -0.3 is 9.84 Å². The number of unbranched alkanes of at least 4 members (excludes halogenated alkanes) is 3. The van der Waals surface area contributed by atoms with Gasteiger partial charge in [0.05, 0.1) is 18.3 Å². The smallest absolute Gasteiger partial charge is 0.338 e. The van der Waals surface area contributed by atoms with E-state index < -0.39 is 0 Å². The van der Waals surface area contributed by atoms with E-state index in [1.54, 1.807) is 0 Å². The number of aliphatic hydroxyl groups is 1. The van der Waals surface area contributed by atoms with Crippen LogP contribution < -0.4 is 0 Å². The normalized spacial score (nSPS) is 20.9. The number of carbonyl (C=O) groups excluding carboxylic acids is 1. The lowest BCUT2D eigenvalue weighted by molar-refractivity contribution is 0.0286. The minimum atomic E-state index is -0.237. The van der Waals surface area contributed by atoms with Crippen molar-refractivity contribution in [3.63, 3.8) is 0 Å². The molecule has 0 amide bonds. The first-order valence-electron chi connectivity index (χ1n) is 10.1. The highest BCUT2D eigenvalue weighted by atomic mass is 16.5. The Morgan fingerprint density at radius 1 is 1.04 bits per heavy atom. The topological polar surface area (TPSA) is 53.0 Å². The van der Waals surface area contributed by atoms with Gasteiger partial charge in [-0.2, -0.15) is 0 Å². The average molecular weight is 360 g/mol. The molecule has 0 radical (unpaired) electrons. The van der Waals surface area contributed by atoms with Crippen LogP contribution in [0.3, 0.4) is 0 Å². The van der Waals surface area contributed by atoms with Gasteiger partial charge in [-0.3, -0.25) is 9.80 Å². The van der Waals surface area contributed by atoms with E-state index in [0.29, 0.717) is 18.3 Å². The van der Waals surface area contributed by atoms with Crippen molar-refractivity contribution in [1.29, 1.82) is 0 Å². The van der Waals surface area contributed by atoms with E-state index in [-0.39, 0.29) is 12.6 Å². The van der Waals surface area contributed by atoms with Crippen LogP contribution in [0.15, 0.2) is 24.3 Å². The van der Waals surface area contributed by atoms with E-state index in [1.165, 1.54) is 44.5 Å². The van der Waals surface area contributed by atoms with Gasteiger partial charge >= 0.3 is 5.97 Å². The van der Waals surface area contributed by atoms with Crippen LogP contribution >= 0.6 is 0 Å². The third-order valence-corrected chi connectivity index (χ3v) is 5.50. The molecule has 1 N–H and O–H groups in total. The summed E-state index contributed by atoms with van der Waals surface area (Å²) in [4.78, 5) is 17.3. The number of hydrogen-bond acceptors (Lipinski definition) is 5. The van der Waals surface area contributed by atoms with Gasteiger partial charge in [-0.1, -0.05) is 18.6 Å². The summed E-state index contributed by atoms with van der Waals surface area (Å²) in [6.07, 6.45) is 8.10. The molecule has 1 aromatic rings. The summed E-state index contributed by atoms with van der Waals surface area (Å²) in [6, 6.07) is 7.90. The van der Waals surface area contributed by atoms with Crippen LogP contribution in [0.4, 0.5) is 0 Å². The van der Waals surface area contributed by atoms with Crippen molar-refractivity contribution in [1.82, 2.24) is 9.80 Å². The molecule has 1 unspecified atom stereocenters. The number of benzene rings is 1. The molecular weight excluding hydrogens is 328 g/mol. The van der Waals surface area contributed by atoms with Gasteiger partial charge in [0.2, 0.25) is 0 Å². The van der Waals surface area contributed by atoms with Gasteiger partial charge in [-0.15, -0.1) is 0 Å². The molecular formula is C21H32N2O3. The minimum Gasteiger partial charge on any atom is -0.462 e. The lowest BCUT2D eigenvalue weighted by Crippen LogP contribution is -2.49. The van der Waals surface area contributed by atoms with Gasteiger partial charge in [-0.25, -0.2) is 4.79 Å². The first-order valence-corrected chi connectivity index (χ1v) is 10.1. The quantitative estimate of drug-likeness (QED) is 0.542. The summed E-state index contributed by atoms with van der Waals surface area (Å²) in [5.74, 6) is -0.237. The van der Waals surface area contributed by atoms with Crippen molar-refractivity contribution in [2.75, 3.05) is 32.8 Å². The van der Waals surface area contributed by atoms with Crippen LogP contribution in [0.25, 0.3) is 0 Å². The van der Waals surface area contributed by atoms with E-state index in [0.717, 1.165) is 32.2 Å². The van der Waals surface area contributed by atoms with Crippen LogP contribution in [0.5, 0.6) is 0 Å². The summed E-state index contributed by atoms with van der Waals surface area (Å²) in [5.41, 5.74) is 1.89. The molecule has 144 valence electrons. The Hall–Kier alpha value is -1.43. The number of hydrogen-bond donors (Lipinski definition) is 1. The van der Waals surface area contributed by atoms with Crippen molar-refractivity contribution in [2.45, 2.75) is 57.7 Å². The minimum absolute atomic E-state index is 0.237. The third-order valence-electron chi connectivity index (χ3n) is 5.50. The fraction of sp³-hybridized carbons (Fsp3) is 0.667. The Bertz CT molecular complexity index is 561. The molecule has 5 heteroatoms. The van der Waals surface area contributed by atoms with Crippen LogP contribution in [-0.2, 0) is 11.3 Å². The van der Waals surface area contributed by atoms with Crippen molar-refractivity contribution >= 4 is 5.97 Å². The zero-order valence-corrected chi connectivity index (χ0v) is 15.7. The maximum absolute atomic E-state index is 12.1. The Morgan fingerprint density at radius 3 is 2.62 bits per heavy atom. The lowest BCUT2D eigenvalue weighted by atomic mass is 10.1. The van der Waals surface area contributed by atoms with Gasteiger partial charge in [0.25, 0.3) is 0 Å². The molecule has 0 saturated carbocycles. The second-order valence-corrected chi connectivity index (χ2v) is 7.45. The van der Waals surface area contributed by atoms with Gasteiger partial charge in [0.1, 0.15) is 0 Å². The summed E-state index contributed by atoms with van der Waals surface area (Å²) >= 11 is 0. The largest absolute Gasteiger partial charge is 0.462 e. The molecule has 26 heavy (non-hydrogen) atoms. The van der Waals surface area contributed by atoms with E-state index in [4.69, 9.17) is 9.84 Å². The predicted octanol–water partition coefficient (Wildman–Crippen LogP) is 3.02. The molecule has 5 nitrogen and oxygen atoms in total. The molecule has 0 aliphatic carbocycles. The number of aliphatic hydroxyl groups excluding tert-OH is 1. The van der Waals surface area contributed by atoms with E-state index >= 15 is 0 Å². The SMILES string of the molecule is O=C(OCCCCCCO)c1ccc(CN2CCCN3CCCC32)cc1. The van der Waals surface area contributed by atoms with Crippen LogP contribution in [0.1, 0.15) is 60.9 Å². The highest BCUT2D eigenvalue weighted by molar-refractivity contribution is 5.89. The first kappa shape index (κ1) is 19.3. The monoisotopic (exact) mass is 360 g/mol. The third kappa shape index (κ3) is 5.29. The summed E-state index contributed by atoms with van der Waals surface area (Å²) in [5, 5.41) is 8.74. The standard InChI is InChI=1S/C21H32N2O3/c24-15-3-1-2-4-16-26-21(25)19-10-8-18(9-11-19)17-23-14-6-13-22-12-5-7-20(22)23/h8-11,20,24H,1-7,12-17H2. The zero-order chi connectivity index (χ0) is 18.2. The molecule has 2 heterocycles. The highest BCUT2D eigenvalue weighted by Gasteiger charge is 2.32. The van der Waals surface area contributed by atoms with Gasteiger partial charge in [0, 0.05) is 26.2 Å². The number of ether oxygens (including phenoxy) is 1. The average Bonchev–Trinajstić information content (AvgIpc) is 3.15. The Labute approximate surface area is 156 Å². The van der Waals surface area contributed by atoms with Crippen molar-refractivity contribution < 1.29 is 14.6 Å². The number of carbonyl (C=O) groups is 1. The van der Waals surface area contributed by atoms with E-state index in [9.17, 15) is 4.79 Å². The van der Waals surface area contributed by atoms with Crippen LogP contribution in [-0.4, -0.2) is 59.9 Å². The fourth-order valence-corrected chi connectivity index (χ4v) is 4.09. The Kier molecular flexibility index (Phi) is 7.47. The highest BCUT2D eigenvalue weighted by Crippen LogP contribution is 2.26. The van der Waals surface area contributed by atoms with Crippen molar-refractivity contribution in [3.8, 4) is 0 Å². The van der Waals surface area contributed by atoms with E-state index in [1.807, 2.05) is 12.1 Å². The Morgan fingerprint density at radius 2 is 1.81 bits per heavy atom. The maximum atomic E-state index is 12.1. The summed E-state index contributed by atoms with van der Waals surface area (Å²) in [7, 11) is 0. The molecule has 2 fully saturated rings. The second-order valence-electron chi connectivity index (χ2n) is 7.45. The molecule has 0 bridgehead atoms. The number of fused-ring (bicyclic) bond motifs is 1. The molecule has 2 aliphatic heterocycles. The van der Waals surface area contributed by atoms with Gasteiger partial charge in [0.15, 0.2) is 0 Å². The first-order chi connectivity index (χ1) is 12.8. The van der Waals surface area contributed by atoms with Crippen molar-refractivity contribution in [3.05, 3.63) is 35.4 Å². The lowest BCUT2D eigenvalue weighted by Gasteiger charge is -2.40. The predicted molar refractivity (Wildman–Crippen MR) is 102 cm³/mol. The van der Waals surface area contributed by atoms with Crippen LogP contribution in [0, 0.1) is 0 Å². The Balaban J connectivity index is 1.43. The molecule has 2 aliphatic rings. The molecule has 1 aromatic carbocycles. The van der Waals surface area contributed by atoms with Crippen LogP contribution in [0.2, 0.25) is 0 Å². The van der Waals surface area contributed by atoms with Crippen molar-refractivity contribution in [2.24, 2.45) is 0 Å². The molecule has 1 atom stereocenters. The summed E-state index contributed by atoms with van der Waals surface area (Å²) in [6.45, 7) is 5.31. The maximum Gasteiger partial charge on any atom is 0.338 e. The zero-order valence-electron chi connectivity index (χ0n) is 15.7. The second kappa shape index (κ2) is 10.0. The molecule has 0 spiro atoms. The fourth-order valence-electron chi connectivity index (χ4n) is 4.09. The summed E-state index contributed by atoms with van der Waals surface area (Å²) < 4.78 is 5.34. The number of rotatable bonds is 9. The number of nitrogens with zero attached hydrogens (tertiary/aromatic N) is 2.